The first kappa shape index (κ1) is 13.2. The fourth-order valence-corrected chi connectivity index (χ4v) is 2.37. The topological polar surface area (TPSA) is 68.9 Å². The Hall–Kier alpha value is -0.880. The second-order valence-electron chi connectivity index (χ2n) is 4.20. The van der Waals surface area contributed by atoms with Crippen molar-refractivity contribution in [2.45, 2.75) is 37.5 Å². The van der Waals surface area contributed by atoms with Crippen molar-refractivity contribution in [3.63, 3.8) is 0 Å². The van der Waals surface area contributed by atoms with Gasteiger partial charge in [0.15, 0.2) is 5.03 Å². The summed E-state index contributed by atoms with van der Waals surface area (Å²) in [5, 5.41) is 11.3. The first-order valence-corrected chi connectivity index (χ1v) is 5.77. The van der Waals surface area contributed by atoms with Gasteiger partial charge in [-0.25, -0.2) is 9.97 Å². The highest BCUT2D eigenvalue weighted by Crippen LogP contribution is 2.37. The van der Waals surface area contributed by atoms with Crippen molar-refractivity contribution in [2.75, 3.05) is 0 Å². The second kappa shape index (κ2) is 4.55. The molecule has 0 atom stereocenters. The fourth-order valence-electron chi connectivity index (χ4n) is 1.08. The molecule has 7 heteroatoms. The molecule has 0 fully saturated rings. The molecule has 0 amide bonds. The molecule has 1 rings (SSSR count). The van der Waals surface area contributed by atoms with Crippen LogP contribution in [-0.2, 0) is 0 Å². The van der Waals surface area contributed by atoms with Gasteiger partial charge in [-0.3, -0.25) is 10.1 Å². The van der Waals surface area contributed by atoms with E-state index in [1.54, 1.807) is 6.92 Å². The third-order valence-electron chi connectivity index (χ3n) is 1.58. The number of hydrogen-bond acceptors (Lipinski definition) is 5. The molecule has 1 aromatic heterocycles. The van der Waals surface area contributed by atoms with Gasteiger partial charge in [0.2, 0.25) is 5.28 Å². The average molecular weight is 262 g/mol. The Morgan fingerprint density at radius 2 is 1.94 bits per heavy atom. The van der Waals surface area contributed by atoms with E-state index in [1.165, 1.54) is 11.8 Å². The van der Waals surface area contributed by atoms with Crippen LogP contribution in [0.3, 0.4) is 0 Å². The summed E-state index contributed by atoms with van der Waals surface area (Å²) in [4.78, 5) is 18.1. The molecular weight excluding hydrogens is 250 g/mol. The van der Waals surface area contributed by atoms with Crippen LogP contribution in [-0.4, -0.2) is 19.6 Å². The van der Waals surface area contributed by atoms with Gasteiger partial charge in [-0.05, 0) is 18.5 Å². The lowest BCUT2D eigenvalue weighted by Crippen LogP contribution is -2.10. The molecule has 0 unspecified atom stereocenters. The van der Waals surface area contributed by atoms with Gasteiger partial charge >= 0.3 is 5.69 Å². The zero-order valence-corrected chi connectivity index (χ0v) is 11.0. The largest absolute Gasteiger partial charge is 0.322 e. The molecule has 0 saturated carbocycles. The van der Waals surface area contributed by atoms with Gasteiger partial charge in [-0.2, -0.15) is 0 Å². The zero-order valence-electron chi connectivity index (χ0n) is 9.44. The smallest absolute Gasteiger partial charge is 0.258 e. The molecule has 5 nitrogen and oxygen atoms in total. The van der Waals surface area contributed by atoms with E-state index in [2.05, 4.69) is 9.97 Å². The summed E-state index contributed by atoms with van der Waals surface area (Å²) in [6, 6.07) is 0. The molecule has 0 aliphatic rings. The van der Waals surface area contributed by atoms with Crippen LogP contribution in [0.15, 0.2) is 5.03 Å². The number of nitrogens with zero attached hydrogens (tertiary/aromatic N) is 3. The second-order valence-corrected chi connectivity index (χ2v) is 6.36. The number of hydrogen-bond donors (Lipinski definition) is 0. The van der Waals surface area contributed by atoms with Crippen molar-refractivity contribution in [3.05, 3.63) is 21.1 Å². The number of aryl methyl sites for hydroxylation is 1. The van der Waals surface area contributed by atoms with Crippen LogP contribution >= 0.6 is 23.4 Å². The molecule has 1 heterocycles. The Labute approximate surface area is 103 Å². The van der Waals surface area contributed by atoms with E-state index < -0.39 is 4.92 Å². The fraction of sp³-hybridized carbons (Fsp3) is 0.556. The van der Waals surface area contributed by atoms with E-state index in [1.807, 2.05) is 20.8 Å². The van der Waals surface area contributed by atoms with Gasteiger partial charge in [-0.1, -0.05) is 32.5 Å². The molecule has 0 aliphatic heterocycles. The first-order chi connectivity index (χ1) is 7.20. The van der Waals surface area contributed by atoms with E-state index in [4.69, 9.17) is 11.6 Å². The highest BCUT2D eigenvalue weighted by molar-refractivity contribution is 8.00. The minimum atomic E-state index is -0.472. The summed E-state index contributed by atoms with van der Waals surface area (Å²) in [6.45, 7) is 7.41. The molecular formula is C9H12ClN3O2S. The van der Waals surface area contributed by atoms with E-state index >= 15 is 0 Å². The maximum atomic E-state index is 10.9. The van der Waals surface area contributed by atoms with Crippen LogP contribution < -0.4 is 0 Å². The highest BCUT2D eigenvalue weighted by Gasteiger charge is 2.26. The standard InChI is InChI=1S/C9H12ClN3O2S/c1-5-6(13(14)15)7(12-8(10)11-5)16-9(2,3)4/h1-4H3. The molecule has 0 N–H and O–H groups in total. The zero-order chi connectivity index (χ0) is 12.5. The lowest BCUT2D eigenvalue weighted by atomic mass is 10.3. The van der Waals surface area contributed by atoms with E-state index in [-0.39, 0.29) is 21.4 Å². The Balaban J connectivity index is 3.30. The van der Waals surface area contributed by atoms with Crippen LogP contribution in [0.25, 0.3) is 0 Å². The van der Waals surface area contributed by atoms with Crippen molar-refractivity contribution in [3.8, 4) is 0 Å². The van der Waals surface area contributed by atoms with E-state index in [0.717, 1.165) is 0 Å². The van der Waals surface area contributed by atoms with E-state index in [9.17, 15) is 10.1 Å². The molecule has 0 aromatic carbocycles. The summed E-state index contributed by atoms with van der Waals surface area (Å²) in [5.74, 6) is 0. The minimum absolute atomic E-state index is 0.0369. The highest BCUT2D eigenvalue weighted by atomic mass is 35.5. The number of aromatic nitrogens is 2. The molecule has 88 valence electrons. The Morgan fingerprint density at radius 1 is 1.38 bits per heavy atom. The lowest BCUT2D eigenvalue weighted by Gasteiger charge is -2.16. The molecule has 0 spiro atoms. The lowest BCUT2D eigenvalue weighted by molar-refractivity contribution is -0.389. The van der Waals surface area contributed by atoms with Gasteiger partial charge < -0.3 is 0 Å². The normalized spacial score (nSPS) is 11.6. The van der Waals surface area contributed by atoms with Gasteiger partial charge in [0.05, 0.1) is 4.92 Å². The van der Waals surface area contributed by atoms with E-state index in [0.29, 0.717) is 5.03 Å². The Bertz CT molecular complexity index is 431. The van der Waals surface area contributed by atoms with Crippen LogP contribution in [0, 0.1) is 17.0 Å². The third-order valence-corrected chi connectivity index (χ3v) is 2.84. The molecule has 0 bridgehead atoms. The number of rotatable bonds is 2. The quantitative estimate of drug-likeness (QED) is 0.269. The third kappa shape index (κ3) is 3.31. The summed E-state index contributed by atoms with van der Waals surface area (Å²) < 4.78 is -0.172. The van der Waals surface area contributed by atoms with Gasteiger partial charge in [-0.15, -0.1) is 0 Å². The summed E-state index contributed by atoms with van der Waals surface area (Å²) in [6.07, 6.45) is 0. The van der Waals surface area contributed by atoms with Crippen LogP contribution in [0.4, 0.5) is 5.69 Å². The summed E-state index contributed by atoms with van der Waals surface area (Å²) in [5.41, 5.74) is 0.223. The number of nitro groups is 1. The summed E-state index contributed by atoms with van der Waals surface area (Å²) >= 11 is 7.00. The molecule has 16 heavy (non-hydrogen) atoms. The van der Waals surface area contributed by atoms with Gasteiger partial charge in [0.25, 0.3) is 0 Å². The van der Waals surface area contributed by atoms with Crippen molar-refractivity contribution in [1.29, 1.82) is 0 Å². The number of halogens is 1. The van der Waals surface area contributed by atoms with Crippen LogP contribution in [0.2, 0.25) is 5.28 Å². The maximum absolute atomic E-state index is 10.9. The predicted molar refractivity (Wildman–Crippen MR) is 64.0 cm³/mol. The Morgan fingerprint density at radius 3 is 2.38 bits per heavy atom. The average Bonchev–Trinajstić information content (AvgIpc) is 1.96. The monoisotopic (exact) mass is 261 g/mol. The van der Waals surface area contributed by atoms with Crippen LogP contribution in [0.1, 0.15) is 26.5 Å². The van der Waals surface area contributed by atoms with Gasteiger partial charge in [0, 0.05) is 4.75 Å². The molecule has 1 aromatic rings. The molecule has 0 radical (unpaired) electrons. The first-order valence-electron chi connectivity index (χ1n) is 4.58. The van der Waals surface area contributed by atoms with Crippen molar-refractivity contribution >= 4 is 29.1 Å². The Kier molecular flexibility index (Phi) is 3.75. The molecule has 0 saturated heterocycles. The van der Waals surface area contributed by atoms with Gasteiger partial charge in [0.1, 0.15) is 5.69 Å². The summed E-state index contributed by atoms with van der Waals surface area (Å²) in [7, 11) is 0. The van der Waals surface area contributed by atoms with Crippen molar-refractivity contribution < 1.29 is 4.92 Å². The van der Waals surface area contributed by atoms with Crippen LogP contribution in [0.5, 0.6) is 0 Å². The molecule has 0 aliphatic carbocycles. The predicted octanol–water partition coefficient (Wildman–Crippen LogP) is 3.24. The number of thioether (sulfide) groups is 1. The van der Waals surface area contributed by atoms with Crippen molar-refractivity contribution in [2.24, 2.45) is 0 Å². The minimum Gasteiger partial charge on any atom is -0.258 e. The maximum Gasteiger partial charge on any atom is 0.322 e. The SMILES string of the molecule is Cc1nc(Cl)nc(SC(C)(C)C)c1[N+](=O)[O-]. The van der Waals surface area contributed by atoms with Crippen molar-refractivity contribution in [1.82, 2.24) is 9.97 Å².